The van der Waals surface area contributed by atoms with Gasteiger partial charge < -0.3 is 15.0 Å². The first-order valence-electron chi connectivity index (χ1n) is 8.29. The van der Waals surface area contributed by atoms with E-state index in [1.54, 1.807) is 41.8 Å². The zero-order valence-electron chi connectivity index (χ0n) is 14.2. The predicted molar refractivity (Wildman–Crippen MR) is 102 cm³/mol. The third-order valence-electron chi connectivity index (χ3n) is 4.39. The molecule has 2 amide bonds. The highest BCUT2D eigenvalue weighted by Crippen LogP contribution is 2.34. The minimum atomic E-state index is -0.204. The summed E-state index contributed by atoms with van der Waals surface area (Å²) in [6.07, 6.45) is 1.36. The summed E-state index contributed by atoms with van der Waals surface area (Å²) < 4.78 is 6.35. The van der Waals surface area contributed by atoms with E-state index in [0.29, 0.717) is 35.7 Å². The average Bonchev–Trinajstić information content (AvgIpc) is 3.29. The lowest BCUT2D eigenvalue weighted by Gasteiger charge is -2.20. The highest BCUT2D eigenvalue weighted by atomic mass is 32.1. The Morgan fingerprint density at radius 1 is 1.27 bits per heavy atom. The van der Waals surface area contributed by atoms with Gasteiger partial charge >= 0.3 is 0 Å². The van der Waals surface area contributed by atoms with Gasteiger partial charge in [-0.15, -0.1) is 11.3 Å². The highest BCUT2D eigenvalue weighted by Gasteiger charge is 2.25. The highest BCUT2D eigenvalue weighted by molar-refractivity contribution is 7.16. The van der Waals surface area contributed by atoms with Crippen molar-refractivity contribution in [2.45, 2.75) is 12.8 Å². The molecule has 1 fully saturated rings. The van der Waals surface area contributed by atoms with Crippen molar-refractivity contribution in [2.75, 3.05) is 23.9 Å². The number of hydrogen-bond donors (Lipinski definition) is 1. The van der Waals surface area contributed by atoms with Gasteiger partial charge in [0, 0.05) is 24.2 Å². The number of benzene rings is 2. The van der Waals surface area contributed by atoms with Crippen LogP contribution in [0.5, 0.6) is 5.75 Å². The van der Waals surface area contributed by atoms with Crippen LogP contribution in [-0.4, -0.2) is 30.5 Å². The number of fused-ring (bicyclic) bond motifs is 1. The van der Waals surface area contributed by atoms with Gasteiger partial charge in [-0.05, 0) is 42.8 Å². The number of nitrogens with one attached hydrogen (secondary N) is 1. The third-order valence-corrected chi connectivity index (χ3v) is 5.19. The van der Waals surface area contributed by atoms with Crippen LogP contribution in [0.1, 0.15) is 23.2 Å². The Bertz CT molecular complexity index is 999. The summed E-state index contributed by atoms with van der Waals surface area (Å²) in [5.74, 6) is 0.482. The van der Waals surface area contributed by atoms with Crippen LogP contribution in [-0.2, 0) is 4.79 Å². The molecule has 1 aliphatic heterocycles. The fraction of sp³-hybridized carbons (Fsp3) is 0.211. The standard InChI is InChI=1S/C19H17N3O3S/c1-25-16-7-5-13(10-15(16)22-8-2-3-18(22)23)21-19(24)12-4-6-14-17(9-12)26-11-20-14/h4-7,9-11H,2-3,8H2,1H3,(H,21,24). The molecule has 0 bridgehead atoms. The number of amides is 2. The number of methoxy groups -OCH3 is 1. The Hall–Kier alpha value is -2.93. The molecule has 2 heterocycles. The fourth-order valence-electron chi connectivity index (χ4n) is 3.08. The van der Waals surface area contributed by atoms with Crippen molar-refractivity contribution < 1.29 is 14.3 Å². The van der Waals surface area contributed by atoms with Gasteiger partial charge in [-0.2, -0.15) is 0 Å². The van der Waals surface area contributed by atoms with Crippen molar-refractivity contribution >= 4 is 44.7 Å². The second-order valence-corrected chi connectivity index (χ2v) is 6.91. The zero-order valence-corrected chi connectivity index (χ0v) is 15.0. The van der Waals surface area contributed by atoms with E-state index in [9.17, 15) is 9.59 Å². The largest absolute Gasteiger partial charge is 0.495 e. The molecule has 0 spiro atoms. The van der Waals surface area contributed by atoms with E-state index in [-0.39, 0.29) is 11.8 Å². The molecule has 2 aromatic carbocycles. The van der Waals surface area contributed by atoms with Crippen molar-refractivity contribution in [1.82, 2.24) is 4.98 Å². The molecule has 0 unspecified atom stereocenters. The number of carbonyl (C=O) groups is 2. The smallest absolute Gasteiger partial charge is 0.255 e. The van der Waals surface area contributed by atoms with Crippen LogP contribution in [0.4, 0.5) is 11.4 Å². The van der Waals surface area contributed by atoms with E-state index in [2.05, 4.69) is 10.3 Å². The third kappa shape index (κ3) is 3.01. The summed E-state index contributed by atoms with van der Waals surface area (Å²) in [6.45, 7) is 0.661. The van der Waals surface area contributed by atoms with Crippen LogP contribution in [0.25, 0.3) is 10.2 Å². The molecule has 0 radical (unpaired) electrons. The molecule has 0 saturated carbocycles. The van der Waals surface area contributed by atoms with Crippen LogP contribution < -0.4 is 15.0 Å². The molecule has 6 nitrogen and oxygen atoms in total. The van der Waals surface area contributed by atoms with E-state index in [0.717, 1.165) is 16.6 Å². The van der Waals surface area contributed by atoms with Crippen molar-refractivity contribution in [3.63, 3.8) is 0 Å². The van der Waals surface area contributed by atoms with E-state index >= 15 is 0 Å². The molecule has 3 aromatic rings. The van der Waals surface area contributed by atoms with Crippen LogP contribution in [0.15, 0.2) is 41.9 Å². The minimum absolute atomic E-state index is 0.0717. The molecule has 1 N–H and O–H groups in total. The average molecular weight is 367 g/mol. The van der Waals surface area contributed by atoms with Crippen molar-refractivity contribution in [3.05, 3.63) is 47.5 Å². The van der Waals surface area contributed by atoms with Crippen LogP contribution in [0.3, 0.4) is 0 Å². The van der Waals surface area contributed by atoms with E-state index in [1.807, 2.05) is 12.1 Å². The number of carbonyl (C=O) groups excluding carboxylic acids is 2. The SMILES string of the molecule is COc1ccc(NC(=O)c2ccc3ncsc3c2)cc1N1CCCC1=O. The second kappa shape index (κ2) is 6.76. The Kier molecular flexibility index (Phi) is 4.30. The quantitative estimate of drug-likeness (QED) is 0.763. The van der Waals surface area contributed by atoms with Crippen molar-refractivity contribution in [2.24, 2.45) is 0 Å². The number of hydrogen-bond acceptors (Lipinski definition) is 5. The normalized spacial score (nSPS) is 14.0. The number of aromatic nitrogens is 1. The van der Waals surface area contributed by atoms with E-state index in [4.69, 9.17) is 4.74 Å². The van der Waals surface area contributed by atoms with Gasteiger partial charge in [0.25, 0.3) is 5.91 Å². The molecule has 1 saturated heterocycles. The first kappa shape index (κ1) is 16.5. The molecule has 1 aliphatic rings. The molecular formula is C19H17N3O3S. The summed E-state index contributed by atoms with van der Waals surface area (Å²) in [6, 6.07) is 10.7. The number of nitrogens with zero attached hydrogens (tertiary/aromatic N) is 2. The van der Waals surface area contributed by atoms with Gasteiger partial charge in [0.05, 0.1) is 28.5 Å². The fourth-order valence-corrected chi connectivity index (χ4v) is 3.80. The molecule has 7 heteroatoms. The maximum Gasteiger partial charge on any atom is 0.255 e. The zero-order chi connectivity index (χ0) is 18.1. The minimum Gasteiger partial charge on any atom is -0.495 e. The number of ether oxygens (including phenoxy) is 1. The van der Waals surface area contributed by atoms with E-state index in [1.165, 1.54) is 11.3 Å². The second-order valence-electron chi connectivity index (χ2n) is 6.02. The lowest BCUT2D eigenvalue weighted by Crippen LogP contribution is -2.24. The summed E-state index contributed by atoms with van der Waals surface area (Å²) in [4.78, 5) is 30.6. The van der Waals surface area contributed by atoms with Gasteiger partial charge in [0.15, 0.2) is 0 Å². The summed E-state index contributed by atoms with van der Waals surface area (Å²) in [5, 5.41) is 2.90. The monoisotopic (exact) mass is 367 g/mol. The van der Waals surface area contributed by atoms with E-state index < -0.39 is 0 Å². The molecule has 132 valence electrons. The maximum atomic E-state index is 12.6. The number of rotatable bonds is 4. The topological polar surface area (TPSA) is 71.5 Å². The lowest BCUT2D eigenvalue weighted by molar-refractivity contribution is -0.117. The number of anilines is 2. The van der Waals surface area contributed by atoms with Crippen molar-refractivity contribution in [1.29, 1.82) is 0 Å². The summed E-state index contributed by atoms with van der Waals surface area (Å²) in [7, 11) is 1.57. The summed E-state index contributed by atoms with van der Waals surface area (Å²) in [5.41, 5.74) is 4.51. The van der Waals surface area contributed by atoms with Crippen molar-refractivity contribution in [3.8, 4) is 5.75 Å². The molecule has 4 rings (SSSR count). The Balaban J connectivity index is 1.61. The maximum absolute atomic E-state index is 12.6. The molecule has 26 heavy (non-hydrogen) atoms. The predicted octanol–water partition coefficient (Wildman–Crippen LogP) is 3.68. The van der Waals surface area contributed by atoms with Crippen LogP contribution in [0, 0.1) is 0 Å². The van der Waals surface area contributed by atoms with Gasteiger partial charge in [-0.3, -0.25) is 9.59 Å². The van der Waals surface area contributed by atoms with Crippen LogP contribution in [0.2, 0.25) is 0 Å². The van der Waals surface area contributed by atoms with Gasteiger partial charge in [0.2, 0.25) is 5.91 Å². The Labute approximate surface area is 154 Å². The van der Waals surface area contributed by atoms with Crippen LogP contribution >= 0.6 is 11.3 Å². The first-order valence-corrected chi connectivity index (χ1v) is 9.16. The van der Waals surface area contributed by atoms with Gasteiger partial charge in [-0.25, -0.2) is 4.98 Å². The Morgan fingerprint density at radius 3 is 2.92 bits per heavy atom. The molecule has 0 atom stereocenters. The summed E-state index contributed by atoms with van der Waals surface area (Å²) >= 11 is 1.50. The lowest BCUT2D eigenvalue weighted by atomic mass is 10.2. The number of thiazole rings is 1. The molecule has 0 aliphatic carbocycles. The van der Waals surface area contributed by atoms with Gasteiger partial charge in [-0.1, -0.05) is 0 Å². The van der Waals surface area contributed by atoms with Gasteiger partial charge in [0.1, 0.15) is 5.75 Å². The Morgan fingerprint density at radius 2 is 2.15 bits per heavy atom. The first-order chi connectivity index (χ1) is 12.7. The molecular weight excluding hydrogens is 350 g/mol. The molecule has 1 aromatic heterocycles.